The van der Waals surface area contributed by atoms with E-state index in [1.165, 1.54) is 0 Å². The van der Waals surface area contributed by atoms with E-state index >= 15 is 0 Å². The normalized spacial score (nSPS) is 11.9. The maximum Gasteiger partial charge on any atom is 0.321 e. The first-order chi connectivity index (χ1) is 8.90. The summed E-state index contributed by atoms with van der Waals surface area (Å²) in [5.41, 5.74) is 1.95. The third-order valence-electron chi connectivity index (χ3n) is 2.68. The van der Waals surface area contributed by atoms with Crippen molar-refractivity contribution in [2.24, 2.45) is 0 Å². The van der Waals surface area contributed by atoms with E-state index in [2.05, 4.69) is 5.32 Å². The number of hydrogen-bond donors (Lipinski definition) is 3. The second kappa shape index (κ2) is 6.75. The van der Waals surface area contributed by atoms with Gasteiger partial charge in [-0.15, -0.1) is 0 Å². The molecule has 0 saturated carbocycles. The summed E-state index contributed by atoms with van der Waals surface area (Å²) >= 11 is 0. The Kier molecular flexibility index (Phi) is 5.32. The number of hydrogen-bond acceptors (Lipinski definition) is 4. The fourth-order valence-electron chi connectivity index (χ4n) is 1.57. The van der Waals surface area contributed by atoms with E-state index in [4.69, 9.17) is 10.2 Å². The lowest BCUT2D eigenvalue weighted by atomic mass is 10.1. The summed E-state index contributed by atoms with van der Waals surface area (Å²) in [6.07, 6.45) is -0.439. The number of carboxylic acid groups (broad SMARTS) is 2. The van der Waals surface area contributed by atoms with Crippen molar-refractivity contribution in [2.75, 3.05) is 19.0 Å². The highest BCUT2D eigenvalue weighted by Gasteiger charge is 2.19. The molecule has 0 bridgehead atoms. The molecule has 6 heteroatoms. The smallest absolute Gasteiger partial charge is 0.321 e. The molecule has 0 radical (unpaired) electrons. The van der Waals surface area contributed by atoms with Crippen molar-refractivity contribution in [2.45, 2.75) is 19.0 Å². The van der Waals surface area contributed by atoms with Crippen LogP contribution in [-0.4, -0.2) is 42.3 Å². The molecule has 1 aromatic carbocycles. The van der Waals surface area contributed by atoms with Crippen molar-refractivity contribution in [3.05, 3.63) is 29.8 Å². The molecule has 0 amide bonds. The molecule has 0 spiro atoms. The maximum absolute atomic E-state index is 10.9. The molecule has 0 heterocycles. The molecule has 6 nitrogen and oxygen atoms in total. The van der Waals surface area contributed by atoms with Crippen molar-refractivity contribution in [3.8, 4) is 0 Å². The van der Waals surface area contributed by atoms with E-state index in [9.17, 15) is 9.59 Å². The molecule has 3 N–H and O–H groups in total. The molecule has 1 aromatic rings. The number of nitrogens with zero attached hydrogens (tertiary/aromatic N) is 1. The van der Waals surface area contributed by atoms with E-state index in [-0.39, 0.29) is 0 Å². The van der Waals surface area contributed by atoms with Crippen LogP contribution in [0.2, 0.25) is 0 Å². The standard InChI is InChI=1S/C13H18N2O4/c1-15(2)10-5-3-9(4-6-10)8-14-11(13(18)19)7-12(16)17/h3-6,11,14H,7-8H2,1-2H3,(H,16,17)(H,18,19). The SMILES string of the molecule is CN(C)c1ccc(CNC(CC(=O)O)C(=O)O)cc1. The summed E-state index contributed by atoms with van der Waals surface area (Å²) in [5, 5.41) is 20.2. The van der Waals surface area contributed by atoms with E-state index in [0.717, 1.165) is 11.3 Å². The lowest BCUT2D eigenvalue weighted by Crippen LogP contribution is -2.38. The van der Waals surface area contributed by atoms with Crippen LogP contribution >= 0.6 is 0 Å². The van der Waals surface area contributed by atoms with Crippen LogP contribution in [0.1, 0.15) is 12.0 Å². The fourth-order valence-corrected chi connectivity index (χ4v) is 1.57. The monoisotopic (exact) mass is 266 g/mol. The molecule has 0 aliphatic heterocycles. The molecule has 0 aromatic heterocycles. The second-order valence-corrected chi connectivity index (χ2v) is 4.43. The Labute approximate surface area is 111 Å². The predicted molar refractivity (Wildman–Crippen MR) is 71.3 cm³/mol. The van der Waals surface area contributed by atoms with Crippen LogP contribution in [0.15, 0.2) is 24.3 Å². The van der Waals surface area contributed by atoms with Crippen molar-refractivity contribution < 1.29 is 19.8 Å². The number of nitrogens with one attached hydrogen (secondary N) is 1. The highest BCUT2D eigenvalue weighted by Crippen LogP contribution is 2.12. The summed E-state index contributed by atoms with van der Waals surface area (Å²) in [6, 6.07) is 6.52. The Bertz CT molecular complexity index is 442. The minimum absolute atomic E-state index is 0.317. The van der Waals surface area contributed by atoms with Gasteiger partial charge in [0.05, 0.1) is 6.42 Å². The van der Waals surface area contributed by atoms with Crippen LogP contribution in [0.25, 0.3) is 0 Å². The molecule has 0 aliphatic carbocycles. The minimum Gasteiger partial charge on any atom is -0.481 e. The Balaban J connectivity index is 2.59. The van der Waals surface area contributed by atoms with Crippen LogP contribution in [-0.2, 0) is 16.1 Å². The molecule has 0 aliphatic rings. The number of benzene rings is 1. The van der Waals surface area contributed by atoms with E-state index in [1.54, 1.807) is 0 Å². The Morgan fingerprint density at radius 1 is 1.21 bits per heavy atom. The van der Waals surface area contributed by atoms with Crippen LogP contribution in [0, 0.1) is 0 Å². The highest BCUT2D eigenvalue weighted by molar-refractivity contribution is 5.80. The van der Waals surface area contributed by atoms with Crippen LogP contribution in [0.4, 0.5) is 5.69 Å². The topological polar surface area (TPSA) is 89.9 Å². The van der Waals surface area contributed by atoms with Gasteiger partial charge in [-0.25, -0.2) is 0 Å². The lowest BCUT2D eigenvalue weighted by molar-refractivity contribution is -0.146. The average Bonchev–Trinajstić information content (AvgIpc) is 2.34. The van der Waals surface area contributed by atoms with E-state index < -0.39 is 24.4 Å². The van der Waals surface area contributed by atoms with Gasteiger partial charge in [-0.2, -0.15) is 0 Å². The average molecular weight is 266 g/mol. The molecule has 0 saturated heterocycles. The fraction of sp³-hybridized carbons (Fsp3) is 0.385. The van der Waals surface area contributed by atoms with Gasteiger partial charge < -0.3 is 15.1 Å². The first kappa shape index (κ1) is 15.0. The summed E-state index contributed by atoms with van der Waals surface area (Å²) in [6.45, 7) is 0.317. The first-order valence-corrected chi connectivity index (χ1v) is 5.84. The Hall–Kier alpha value is -2.08. The van der Waals surface area contributed by atoms with Gasteiger partial charge in [0.1, 0.15) is 6.04 Å². The third-order valence-corrected chi connectivity index (χ3v) is 2.68. The van der Waals surface area contributed by atoms with Gasteiger partial charge >= 0.3 is 11.9 Å². The Morgan fingerprint density at radius 2 is 1.79 bits per heavy atom. The molecular formula is C13H18N2O4. The molecule has 1 atom stereocenters. The number of carboxylic acids is 2. The van der Waals surface area contributed by atoms with Crippen molar-refractivity contribution in [1.29, 1.82) is 0 Å². The number of aliphatic carboxylic acids is 2. The van der Waals surface area contributed by atoms with Crippen LogP contribution in [0.5, 0.6) is 0 Å². The number of anilines is 1. The zero-order valence-electron chi connectivity index (χ0n) is 11.0. The van der Waals surface area contributed by atoms with Crippen molar-refractivity contribution in [3.63, 3.8) is 0 Å². The molecule has 104 valence electrons. The summed E-state index contributed by atoms with van der Waals surface area (Å²) in [4.78, 5) is 23.4. The predicted octanol–water partition coefficient (Wildman–Crippen LogP) is 0.770. The molecular weight excluding hydrogens is 248 g/mol. The summed E-state index contributed by atoms with van der Waals surface area (Å²) in [5.74, 6) is -2.30. The lowest BCUT2D eigenvalue weighted by Gasteiger charge is -2.14. The number of rotatable bonds is 7. The van der Waals surface area contributed by atoms with Gasteiger partial charge in [0, 0.05) is 26.3 Å². The largest absolute Gasteiger partial charge is 0.481 e. The van der Waals surface area contributed by atoms with Gasteiger partial charge in [-0.3, -0.25) is 14.9 Å². The molecule has 1 rings (SSSR count). The van der Waals surface area contributed by atoms with Gasteiger partial charge in [0.2, 0.25) is 0 Å². The van der Waals surface area contributed by atoms with Crippen molar-refractivity contribution in [1.82, 2.24) is 5.32 Å². The first-order valence-electron chi connectivity index (χ1n) is 5.84. The van der Waals surface area contributed by atoms with Gasteiger partial charge in [-0.1, -0.05) is 12.1 Å². The van der Waals surface area contributed by atoms with E-state index in [0.29, 0.717) is 6.54 Å². The van der Waals surface area contributed by atoms with Crippen molar-refractivity contribution >= 4 is 17.6 Å². The molecule has 0 fully saturated rings. The highest BCUT2D eigenvalue weighted by atomic mass is 16.4. The van der Waals surface area contributed by atoms with Crippen LogP contribution < -0.4 is 10.2 Å². The Morgan fingerprint density at radius 3 is 2.21 bits per heavy atom. The quantitative estimate of drug-likeness (QED) is 0.675. The van der Waals surface area contributed by atoms with E-state index in [1.807, 2.05) is 43.3 Å². The van der Waals surface area contributed by atoms with Gasteiger partial charge in [0.25, 0.3) is 0 Å². The molecule has 1 unspecified atom stereocenters. The summed E-state index contributed by atoms with van der Waals surface area (Å²) in [7, 11) is 3.86. The summed E-state index contributed by atoms with van der Waals surface area (Å²) < 4.78 is 0. The van der Waals surface area contributed by atoms with Gasteiger partial charge in [0.15, 0.2) is 0 Å². The maximum atomic E-state index is 10.9. The third kappa shape index (κ3) is 4.97. The van der Waals surface area contributed by atoms with Crippen LogP contribution in [0.3, 0.4) is 0 Å². The zero-order chi connectivity index (χ0) is 14.4. The number of carbonyl (C=O) groups is 2. The second-order valence-electron chi connectivity index (χ2n) is 4.43. The molecule has 19 heavy (non-hydrogen) atoms. The zero-order valence-corrected chi connectivity index (χ0v) is 11.0. The van der Waals surface area contributed by atoms with Gasteiger partial charge in [-0.05, 0) is 17.7 Å². The minimum atomic E-state index is -1.16.